The summed E-state index contributed by atoms with van der Waals surface area (Å²) in [6.07, 6.45) is 94.7. The Labute approximate surface area is 515 Å². The van der Waals surface area contributed by atoms with Crippen molar-refractivity contribution >= 4 is 17.9 Å². The number of carbonyl (C=O) groups is 3. The molecule has 0 spiro atoms. The van der Waals surface area contributed by atoms with Gasteiger partial charge < -0.3 is 14.2 Å². The first-order valence-electron chi connectivity index (χ1n) is 36.1. The van der Waals surface area contributed by atoms with Crippen molar-refractivity contribution in [3.63, 3.8) is 0 Å². The van der Waals surface area contributed by atoms with Crippen molar-refractivity contribution in [2.45, 2.75) is 374 Å². The molecular formula is C77H136O6. The zero-order chi connectivity index (χ0) is 59.9. The number of allylic oxidation sites excluding steroid dienone is 14. The molecular weight excluding hydrogens is 1020 g/mol. The van der Waals surface area contributed by atoms with Crippen LogP contribution in [0.15, 0.2) is 85.1 Å². The monoisotopic (exact) mass is 1160 g/mol. The second-order valence-electron chi connectivity index (χ2n) is 24.1. The molecule has 1 atom stereocenters. The minimum atomic E-state index is -0.790. The van der Waals surface area contributed by atoms with E-state index < -0.39 is 6.10 Å². The molecule has 0 aliphatic carbocycles. The summed E-state index contributed by atoms with van der Waals surface area (Å²) in [6, 6.07) is 0. The predicted molar refractivity (Wildman–Crippen MR) is 362 cm³/mol. The maximum atomic E-state index is 13.0. The van der Waals surface area contributed by atoms with Crippen molar-refractivity contribution in [3.8, 4) is 0 Å². The third kappa shape index (κ3) is 69.3. The number of ether oxygens (including phenoxy) is 3. The number of carbonyl (C=O) groups excluding carboxylic acids is 3. The van der Waals surface area contributed by atoms with Crippen molar-refractivity contribution in [2.24, 2.45) is 0 Å². The summed E-state index contributed by atoms with van der Waals surface area (Å²) in [4.78, 5) is 38.5. The van der Waals surface area contributed by atoms with Gasteiger partial charge in [-0.25, -0.2) is 0 Å². The van der Waals surface area contributed by atoms with Crippen LogP contribution >= 0.6 is 0 Å². The van der Waals surface area contributed by atoms with Crippen molar-refractivity contribution in [3.05, 3.63) is 85.1 Å². The lowest BCUT2D eigenvalue weighted by Crippen LogP contribution is -2.30. The highest BCUT2D eigenvalue weighted by Crippen LogP contribution is 2.17. The predicted octanol–water partition coefficient (Wildman–Crippen LogP) is 25.0. The molecule has 6 nitrogen and oxygen atoms in total. The molecule has 1 unspecified atom stereocenters. The van der Waals surface area contributed by atoms with Gasteiger partial charge in [0.15, 0.2) is 6.10 Å². The van der Waals surface area contributed by atoms with Crippen LogP contribution in [-0.2, 0) is 28.6 Å². The van der Waals surface area contributed by atoms with E-state index in [4.69, 9.17) is 14.2 Å². The summed E-state index contributed by atoms with van der Waals surface area (Å²) < 4.78 is 17.0. The topological polar surface area (TPSA) is 78.9 Å². The number of rotatable bonds is 66. The average Bonchev–Trinajstić information content (AvgIpc) is 3.49. The second kappa shape index (κ2) is 71.1. The Bertz CT molecular complexity index is 1570. The molecule has 0 N–H and O–H groups in total. The van der Waals surface area contributed by atoms with Gasteiger partial charge in [-0.15, -0.1) is 0 Å². The largest absolute Gasteiger partial charge is 0.462 e. The van der Waals surface area contributed by atoms with Gasteiger partial charge in [-0.05, 0) is 116 Å². The molecule has 0 heterocycles. The Balaban J connectivity index is 4.31. The van der Waals surface area contributed by atoms with E-state index in [1.165, 1.54) is 212 Å². The van der Waals surface area contributed by atoms with Crippen molar-refractivity contribution in [2.75, 3.05) is 13.2 Å². The summed E-state index contributed by atoms with van der Waals surface area (Å²) >= 11 is 0. The van der Waals surface area contributed by atoms with Gasteiger partial charge in [0.25, 0.3) is 0 Å². The van der Waals surface area contributed by atoms with Crippen molar-refractivity contribution in [1.29, 1.82) is 0 Å². The SMILES string of the molecule is CC/C=C\C/C=C\C/C=C\CCCCCCCC(=O)OCC(COC(=O)CCCCCCCCCCCCCCCCC/C=C\CCCCCCCCCC)OC(=O)CCCCCCCCCC/C=C\C/C=C\C/C=C\CCCCCCC. The van der Waals surface area contributed by atoms with E-state index in [9.17, 15) is 14.4 Å². The smallest absolute Gasteiger partial charge is 0.306 e. The average molecular weight is 1160 g/mol. The number of hydrogen-bond donors (Lipinski definition) is 0. The zero-order valence-electron chi connectivity index (χ0n) is 55.2. The van der Waals surface area contributed by atoms with Gasteiger partial charge in [-0.1, -0.05) is 318 Å². The molecule has 0 amide bonds. The minimum Gasteiger partial charge on any atom is -0.462 e. The van der Waals surface area contributed by atoms with Gasteiger partial charge in [0, 0.05) is 19.3 Å². The lowest BCUT2D eigenvalue weighted by Gasteiger charge is -2.18. The molecule has 0 saturated carbocycles. The van der Waals surface area contributed by atoms with Gasteiger partial charge in [0.1, 0.15) is 13.2 Å². The van der Waals surface area contributed by atoms with E-state index in [1.54, 1.807) is 0 Å². The molecule has 0 bridgehead atoms. The molecule has 0 aromatic rings. The van der Waals surface area contributed by atoms with Gasteiger partial charge in [-0.3, -0.25) is 14.4 Å². The third-order valence-electron chi connectivity index (χ3n) is 15.9. The van der Waals surface area contributed by atoms with Crippen LogP contribution in [0.5, 0.6) is 0 Å². The Hall–Kier alpha value is -3.41. The highest BCUT2D eigenvalue weighted by Gasteiger charge is 2.19. The van der Waals surface area contributed by atoms with Crippen LogP contribution in [0.25, 0.3) is 0 Å². The molecule has 0 aromatic heterocycles. The number of unbranched alkanes of at least 4 members (excludes halogenated alkanes) is 41. The van der Waals surface area contributed by atoms with E-state index in [0.717, 1.165) is 116 Å². The molecule has 0 aliphatic heterocycles. The summed E-state index contributed by atoms with van der Waals surface area (Å²) in [5.41, 5.74) is 0. The molecule has 0 fully saturated rings. The molecule has 0 aliphatic rings. The maximum Gasteiger partial charge on any atom is 0.306 e. The van der Waals surface area contributed by atoms with Gasteiger partial charge in [-0.2, -0.15) is 0 Å². The van der Waals surface area contributed by atoms with Gasteiger partial charge in [0.05, 0.1) is 0 Å². The fraction of sp³-hybridized carbons (Fsp3) is 0.779. The Kier molecular flexibility index (Phi) is 68.2. The quantitative estimate of drug-likeness (QED) is 0.0261. The lowest BCUT2D eigenvalue weighted by molar-refractivity contribution is -0.167. The zero-order valence-corrected chi connectivity index (χ0v) is 55.2. The van der Waals surface area contributed by atoms with E-state index in [-0.39, 0.29) is 31.1 Å². The molecule has 0 radical (unpaired) electrons. The van der Waals surface area contributed by atoms with Crippen molar-refractivity contribution < 1.29 is 28.6 Å². The Morgan fingerprint density at radius 2 is 0.470 bits per heavy atom. The fourth-order valence-electron chi connectivity index (χ4n) is 10.5. The number of esters is 3. The minimum absolute atomic E-state index is 0.0831. The highest BCUT2D eigenvalue weighted by molar-refractivity contribution is 5.71. The van der Waals surface area contributed by atoms with Crippen LogP contribution in [0, 0.1) is 0 Å². The summed E-state index contributed by atoms with van der Waals surface area (Å²) in [5.74, 6) is -0.890. The first-order valence-corrected chi connectivity index (χ1v) is 36.1. The maximum absolute atomic E-state index is 13.0. The Morgan fingerprint density at radius 1 is 0.253 bits per heavy atom. The summed E-state index contributed by atoms with van der Waals surface area (Å²) in [5, 5.41) is 0. The van der Waals surface area contributed by atoms with Crippen LogP contribution in [0.1, 0.15) is 367 Å². The molecule has 0 saturated heterocycles. The van der Waals surface area contributed by atoms with Crippen LogP contribution in [0.4, 0.5) is 0 Å². The summed E-state index contributed by atoms with van der Waals surface area (Å²) in [6.45, 7) is 6.55. The first-order chi connectivity index (χ1) is 41.0. The number of hydrogen-bond acceptors (Lipinski definition) is 6. The molecule has 83 heavy (non-hydrogen) atoms. The standard InChI is InChI=1S/C77H136O6/c1-4-7-10-13-16-19-22-25-28-30-32-34-36-37-38-39-41-42-44-46-49-52-55-58-61-64-67-70-76(79)82-73-74(72-81-75(78)69-66-63-60-57-54-51-48-27-24-21-18-15-12-9-6-3)83-77(80)71-68-65-62-59-56-53-50-47-45-43-40-35-33-31-29-26-23-20-17-14-11-8-5-2/h9,12,18,21,23,26-27,30-33,40,43,48,74H,4-8,10-11,13-17,19-20,22,24-25,28-29,34-39,41-42,44-47,49-73H2,1-3H3/b12-9-,21-18-,26-23-,32-30-,33-31-,43-40-,48-27-. The van der Waals surface area contributed by atoms with Crippen LogP contribution in [0.3, 0.4) is 0 Å². The van der Waals surface area contributed by atoms with E-state index >= 15 is 0 Å². The van der Waals surface area contributed by atoms with E-state index in [1.807, 2.05) is 0 Å². The van der Waals surface area contributed by atoms with Crippen LogP contribution in [0.2, 0.25) is 0 Å². The highest BCUT2D eigenvalue weighted by atomic mass is 16.6. The Morgan fingerprint density at radius 3 is 0.747 bits per heavy atom. The van der Waals surface area contributed by atoms with E-state index in [0.29, 0.717) is 19.3 Å². The first kappa shape index (κ1) is 79.6. The molecule has 6 heteroatoms. The van der Waals surface area contributed by atoms with E-state index in [2.05, 4.69) is 106 Å². The normalized spacial score (nSPS) is 12.6. The lowest BCUT2D eigenvalue weighted by atomic mass is 10.0. The van der Waals surface area contributed by atoms with Crippen LogP contribution < -0.4 is 0 Å². The molecule has 480 valence electrons. The summed E-state index contributed by atoms with van der Waals surface area (Å²) in [7, 11) is 0. The molecule has 0 aromatic carbocycles. The van der Waals surface area contributed by atoms with Crippen LogP contribution in [-0.4, -0.2) is 37.2 Å². The van der Waals surface area contributed by atoms with Crippen molar-refractivity contribution in [1.82, 2.24) is 0 Å². The fourth-order valence-corrected chi connectivity index (χ4v) is 10.5. The molecule has 0 rings (SSSR count). The third-order valence-corrected chi connectivity index (χ3v) is 15.9. The van der Waals surface area contributed by atoms with Gasteiger partial charge in [0.2, 0.25) is 0 Å². The second-order valence-corrected chi connectivity index (χ2v) is 24.1. The van der Waals surface area contributed by atoms with Gasteiger partial charge >= 0.3 is 17.9 Å².